The predicted molar refractivity (Wildman–Crippen MR) is 104 cm³/mol. The van der Waals surface area contributed by atoms with Crippen LogP contribution in [0.2, 0.25) is 0 Å². The van der Waals surface area contributed by atoms with Crippen molar-refractivity contribution in [2.45, 2.75) is 31.7 Å². The number of carbonyl (C=O) groups is 1. The van der Waals surface area contributed by atoms with Gasteiger partial charge < -0.3 is 20.1 Å². The fourth-order valence-corrected chi connectivity index (χ4v) is 3.37. The summed E-state index contributed by atoms with van der Waals surface area (Å²) in [5, 5.41) is 10.8. The molecule has 0 radical (unpaired) electrons. The summed E-state index contributed by atoms with van der Waals surface area (Å²) in [7, 11) is 3.31. The van der Waals surface area contributed by atoms with Crippen LogP contribution in [0.3, 0.4) is 0 Å². The molecule has 146 valence electrons. The van der Waals surface area contributed by atoms with Crippen molar-refractivity contribution in [1.82, 2.24) is 20.4 Å². The van der Waals surface area contributed by atoms with Crippen molar-refractivity contribution in [2.24, 2.45) is 0 Å². The zero-order valence-electron chi connectivity index (χ0n) is 16.0. The summed E-state index contributed by atoms with van der Waals surface area (Å²) < 4.78 is 12.6. The zero-order chi connectivity index (χ0) is 19.1. The minimum absolute atomic E-state index is 0.130. The van der Waals surface area contributed by atoms with E-state index in [2.05, 4.69) is 15.7 Å². The molecule has 1 fully saturated rings. The van der Waals surface area contributed by atoms with E-state index in [-0.39, 0.29) is 5.91 Å². The fourth-order valence-electron chi connectivity index (χ4n) is 3.37. The van der Waals surface area contributed by atoms with Crippen LogP contribution in [0.15, 0.2) is 30.5 Å². The van der Waals surface area contributed by atoms with Gasteiger partial charge in [-0.2, -0.15) is 5.10 Å². The number of hydrogen-bond donors (Lipinski definition) is 2. The summed E-state index contributed by atoms with van der Waals surface area (Å²) in [6.07, 6.45) is 5.73. The summed E-state index contributed by atoms with van der Waals surface area (Å²) in [6, 6.07) is 7.87. The molecule has 2 N–H and O–H groups in total. The summed E-state index contributed by atoms with van der Waals surface area (Å²) in [5.41, 5.74) is 1.54. The molecular weight excluding hydrogens is 344 g/mol. The number of carbonyl (C=O) groups excluding carboxylic acids is 1. The second kappa shape index (κ2) is 9.41. The molecule has 7 heteroatoms. The van der Waals surface area contributed by atoms with Crippen LogP contribution in [-0.4, -0.2) is 49.5 Å². The molecule has 0 aliphatic carbocycles. The van der Waals surface area contributed by atoms with Crippen LogP contribution in [0.25, 0.3) is 0 Å². The largest absolute Gasteiger partial charge is 0.497 e. The highest BCUT2D eigenvalue weighted by Crippen LogP contribution is 2.25. The van der Waals surface area contributed by atoms with Gasteiger partial charge in [0.15, 0.2) is 0 Å². The van der Waals surface area contributed by atoms with Crippen LogP contribution in [-0.2, 0) is 6.42 Å². The first-order valence-corrected chi connectivity index (χ1v) is 9.46. The molecule has 2 heterocycles. The number of amides is 1. The molecule has 1 unspecified atom stereocenters. The van der Waals surface area contributed by atoms with E-state index in [9.17, 15) is 4.79 Å². The van der Waals surface area contributed by atoms with Crippen LogP contribution in [0.4, 0.5) is 0 Å². The van der Waals surface area contributed by atoms with E-state index < -0.39 is 0 Å². The maximum atomic E-state index is 12.3. The Balaban J connectivity index is 1.48. The molecule has 27 heavy (non-hydrogen) atoms. The summed E-state index contributed by atoms with van der Waals surface area (Å²) in [5.74, 6) is 1.51. The van der Waals surface area contributed by atoms with Gasteiger partial charge in [-0.15, -0.1) is 0 Å². The number of methoxy groups -OCH3 is 2. The molecule has 1 aliphatic rings. The van der Waals surface area contributed by atoms with Gasteiger partial charge in [0, 0.05) is 19.3 Å². The Bertz CT molecular complexity index is 753. The average Bonchev–Trinajstić information content (AvgIpc) is 3.22. The highest BCUT2D eigenvalue weighted by molar-refractivity contribution is 5.92. The maximum Gasteiger partial charge on any atom is 0.271 e. The van der Waals surface area contributed by atoms with Gasteiger partial charge in [0.1, 0.15) is 17.2 Å². The minimum Gasteiger partial charge on any atom is -0.497 e. The first-order valence-electron chi connectivity index (χ1n) is 9.46. The van der Waals surface area contributed by atoms with Gasteiger partial charge in [-0.05, 0) is 62.1 Å². The Labute approximate surface area is 160 Å². The minimum atomic E-state index is -0.130. The molecule has 7 nitrogen and oxygen atoms in total. The number of nitrogens with one attached hydrogen (secondary N) is 2. The van der Waals surface area contributed by atoms with E-state index in [1.54, 1.807) is 20.3 Å². The van der Waals surface area contributed by atoms with Gasteiger partial charge in [0.25, 0.3) is 5.91 Å². The van der Waals surface area contributed by atoms with Crippen LogP contribution < -0.4 is 20.1 Å². The highest BCUT2D eigenvalue weighted by Gasteiger charge is 2.17. The van der Waals surface area contributed by atoms with Gasteiger partial charge in [0.05, 0.1) is 20.3 Å². The Morgan fingerprint density at radius 3 is 2.96 bits per heavy atom. The normalized spacial score (nSPS) is 16.7. The SMILES string of the molecule is COc1ccc(OC)c(CCCNC(=O)c2ccn(C3CCCNC3)n2)c1. The van der Waals surface area contributed by atoms with Crippen LogP contribution >= 0.6 is 0 Å². The molecule has 1 aromatic heterocycles. The molecule has 1 atom stereocenters. The van der Waals surface area contributed by atoms with E-state index >= 15 is 0 Å². The van der Waals surface area contributed by atoms with Gasteiger partial charge in [-0.25, -0.2) is 0 Å². The number of benzene rings is 1. The maximum absolute atomic E-state index is 12.3. The number of aryl methyl sites for hydroxylation is 1. The first kappa shape index (κ1) is 19.2. The van der Waals surface area contributed by atoms with Crippen molar-refractivity contribution < 1.29 is 14.3 Å². The van der Waals surface area contributed by atoms with Gasteiger partial charge in [0.2, 0.25) is 0 Å². The van der Waals surface area contributed by atoms with Gasteiger partial charge >= 0.3 is 0 Å². The lowest BCUT2D eigenvalue weighted by atomic mass is 10.1. The van der Waals surface area contributed by atoms with Crippen molar-refractivity contribution >= 4 is 5.91 Å². The number of aromatic nitrogens is 2. The Kier molecular flexibility index (Phi) is 6.70. The zero-order valence-corrected chi connectivity index (χ0v) is 16.0. The van der Waals surface area contributed by atoms with Crippen LogP contribution in [0.1, 0.15) is 41.4 Å². The molecule has 3 rings (SSSR count). The third kappa shape index (κ3) is 5.01. The lowest BCUT2D eigenvalue weighted by molar-refractivity contribution is 0.0947. The Morgan fingerprint density at radius 2 is 2.22 bits per heavy atom. The second-order valence-corrected chi connectivity index (χ2v) is 6.72. The van der Waals surface area contributed by atoms with Crippen molar-refractivity contribution in [3.63, 3.8) is 0 Å². The summed E-state index contributed by atoms with van der Waals surface area (Å²) in [6.45, 7) is 2.55. The number of piperidine rings is 1. The molecular formula is C20H28N4O3. The van der Waals surface area contributed by atoms with E-state index in [1.807, 2.05) is 29.1 Å². The third-order valence-electron chi connectivity index (χ3n) is 4.88. The third-order valence-corrected chi connectivity index (χ3v) is 4.88. The number of hydrogen-bond acceptors (Lipinski definition) is 5. The topological polar surface area (TPSA) is 77.4 Å². The molecule has 2 aromatic rings. The van der Waals surface area contributed by atoms with Crippen LogP contribution in [0.5, 0.6) is 11.5 Å². The van der Waals surface area contributed by atoms with Crippen molar-refractivity contribution in [1.29, 1.82) is 0 Å². The molecule has 1 aliphatic heterocycles. The molecule has 0 spiro atoms. The molecule has 1 aromatic carbocycles. The van der Waals surface area contributed by atoms with Gasteiger partial charge in [-0.1, -0.05) is 0 Å². The molecule has 0 saturated carbocycles. The Hall–Kier alpha value is -2.54. The Morgan fingerprint density at radius 1 is 1.33 bits per heavy atom. The van der Waals surface area contributed by atoms with Crippen LogP contribution in [0, 0.1) is 0 Å². The van der Waals surface area contributed by atoms with E-state index in [4.69, 9.17) is 9.47 Å². The predicted octanol–water partition coefficient (Wildman–Crippen LogP) is 2.19. The molecule has 1 amide bonds. The number of nitrogens with zero attached hydrogens (tertiary/aromatic N) is 2. The van der Waals surface area contributed by atoms with Gasteiger partial charge in [-0.3, -0.25) is 9.48 Å². The highest BCUT2D eigenvalue weighted by atomic mass is 16.5. The second-order valence-electron chi connectivity index (χ2n) is 6.72. The quantitative estimate of drug-likeness (QED) is 0.695. The fraction of sp³-hybridized carbons (Fsp3) is 0.500. The van der Waals surface area contributed by atoms with E-state index in [0.29, 0.717) is 18.3 Å². The lowest BCUT2D eigenvalue weighted by Crippen LogP contribution is -2.32. The van der Waals surface area contributed by atoms with E-state index in [1.165, 1.54) is 0 Å². The van der Waals surface area contributed by atoms with Crippen molar-refractivity contribution in [3.05, 3.63) is 41.7 Å². The smallest absolute Gasteiger partial charge is 0.271 e. The first-order chi connectivity index (χ1) is 13.2. The molecule has 0 bridgehead atoms. The average molecular weight is 372 g/mol. The summed E-state index contributed by atoms with van der Waals surface area (Å²) in [4.78, 5) is 12.3. The molecule has 1 saturated heterocycles. The number of rotatable bonds is 8. The van der Waals surface area contributed by atoms with E-state index in [0.717, 1.165) is 55.8 Å². The summed E-state index contributed by atoms with van der Waals surface area (Å²) >= 11 is 0. The number of ether oxygens (including phenoxy) is 2. The monoisotopic (exact) mass is 372 g/mol. The van der Waals surface area contributed by atoms with Crippen molar-refractivity contribution in [3.8, 4) is 11.5 Å². The lowest BCUT2D eigenvalue weighted by Gasteiger charge is -2.22. The standard InChI is InChI=1S/C20H28N4O3/c1-26-17-7-8-19(27-2)15(13-17)5-3-11-22-20(25)18-9-12-24(23-18)16-6-4-10-21-14-16/h7-9,12-13,16,21H,3-6,10-11,14H2,1-2H3,(H,22,25). The van der Waals surface area contributed by atoms with Crippen molar-refractivity contribution in [2.75, 3.05) is 33.9 Å².